The standard InChI is InChI=1S/C16H19N3O4/c1-2-23-16(21)13-8-17-18-15(13)12-3-5-19(9-12)14(20)7-11-4-6-22-10-11/h4,6,8,10,12H,2-3,5,7,9H2,1H3,(H,17,18). The topological polar surface area (TPSA) is 88.4 Å². The van der Waals surface area contributed by atoms with Gasteiger partial charge in [0.15, 0.2) is 0 Å². The van der Waals surface area contributed by atoms with E-state index in [9.17, 15) is 9.59 Å². The van der Waals surface area contributed by atoms with E-state index in [4.69, 9.17) is 9.15 Å². The van der Waals surface area contributed by atoms with Crippen LogP contribution in [0.1, 0.15) is 40.9 Å². The number of furan rings is 1. The van der Waals surface area contributed by atoms with Gasteiger partial charge in [-0.1, -0.05) is 0 Å². The number of carbonyl (C=O) groups excluding carboxylic acids is 2. The van der Waals surface area contributed by atoms with Crippen molar-refractivity contribution in [3.63, 3.8) is 0 Å². The Morgan fingerprint density at radius 3 is 3.13 bits per heavy atom. The first-order valence-electron chi connectivity index (χ1n) is 7.68. The summed E-state index contributed by atoms with van der Waals surface area (Å²) < 4.78 is 10.0. The molecule has 0 radical (unpaired) electrons. The van der Waals surface area contributed by atoms with E-state index in [-0.39, 0.29) is 17.8 Å². The quantitative estimate of drug-likeness (QED) is 0.849. The van der Waals surface area contributed by atoms with Crippen molar-refractivity contribution in [3.8, 4) is 0 Å². The molecule has 0 spiro atoms. The summed E-state index contributed by atoms with van der Waals surface area (Å²) in [6.45, 7) is 3.33. The highest BCUT2D eigenvalue weighted by molar-refractivity contribution is 5.90. The highest BCUT2D eigenvalue weighted by atomic mass is 16.5. The minimum absolute atomic E-state index is 0.0612. The van der Waals surface area contributed by atoms with Gasteiger partial charge in [0.1, 0.15) is 5.56 Å². The summed E-state index contributed by atoms with van der Waals surface area (Å²) in [6.07, 6.45) is 5.76. The van der Waals surface area contributed by atoms with Crippen LogP contribution in [0, 0.1) is 0 Å². The molecule has 1 amide bonds. The third kappa shape index (κ3) is 3.28. The van der Waals surface area contributed by atoms with Crippen molar-refractivity contribution in [1.82, 2.24) is 15.1 Å². The van der Waals surface area contributed by atoms with E-state index in [1.54, 1.807) is 25.5 Å². The highest BCUT2D eigenvalue weighted by Gasteiger charge is 2.31. The summed E-state index contributed by atoms with van der Waals surface area (Å²) in [4.78, 5) is 26.1. The molecule has 7 heteroatoms. The molecule has 0 bridgehead atoms. The maximum Gasteiger partial charge on any atom is 0.341 e. The predicted octanol–water partition coefficient (Wildman–Crippen LogP) is 1.74. The minimum atomic E-state index is -0.376. The fourth-order valence-electron chi connectivity index (χ4n) is 2.88. The number of aromatic amines is 1. The van der Waals surface area contributed by atoms with E-state index in [2.05, 4.69) is 10.2 Å². The van der Waals surface area contributed by atoms with E-state index in [1.807, 2.05) is 4.90 Å². The molecule has 0 aliphatic carbocycles. The average Bonchev–Trinajstić information content (AvgIpc) is 3.28. The first-order valence-corrected chi connectivity index (χ1v) is 7.68. The Morgan fingerprint density at radius 1 is 1.52 bits per heavy atom. The van der Waals surface area contributed by atoms with Crippen molar-refractivity contribution >= 4 is 11.9 Å². The van der Waals surface area contributed by atoms with Crippen LogP contribution in [0.4, 0.5) is 0 Å². The van der Waals surface area contributed by atoms with Gasteiger partial charge in [-0.3, -0.25) is 9.89 Å². The summed E-state index contributed by atoms with van der Waals surface area (Å²) in [6, 6.07) is 1.79. The van der Waals surface area contributed by atoms with Crippen LogP contribution >= 0.6 is 0 Å². The summed E-state index contributed by atoms with van der Waals surface area (Å²) in [5.74, 6) is -0.240. The van der Waals surface area contributed by atoms with Crippen LogP contribution in [0.15, 0.2) is 29.2 Å². The molecule has 1 atom stereocenters. The lowest BCUT2D eigenvalue weighted by Gasteiger charge is -2.16. The molecule has 1 aliphatic heterocycles. The molecule has 0 saturated carbocycles. The summed E-state index contributed by atoms with van der Waals surface area (Å²) in [7, 11) is 0. The van der Waals surface area contributed by atoms with Crippen LogP contribution in [-0.2, 0) is 16.0 Å². The highest BCUT2D eigenvalue weighted by Crippen LogP contribution is 2.28. The van der Waals surface area contributed by atoms with E-state index in [0.717, 1.165) is 17.7 Å². The number of likely N-dealkylation sites (tertiary alicyclic amines) is 1. The molecule has 7 nitrogen and oxygen atoms in total. The Kier molecular flexibility index (Phi) is 4.45. The molecule has 1 unspecified atom stereocenters. The van der Waals surface area contributed by atoms with Crippen molar-refractivity contribution in [1.29, 1.82) is 0 Å². The molecule has 1 saturated heterocycles. The second-order valence-electron chi connectivity index (χ2n) is 5.55. The van der Waals surface area contributed by atoms with Crippen molar-refractivity contribution in [3.05, 3.63) is 41.6 Å². The summed E-state index contributed by atoms with van der Waals surface area (Å²) in [5, 5.41) is 6.85. The fraction of sp³-hybridized carbons (Fsp3) is 0.438. The van der Waals surface area contributed by atoms with Gasteiger partial charge in [0.05, 0.1) is 37.4 Å². The number of amides is 1. The van der Waals surface area contributed by atoms with Crippen LogP contribution in [0.25, 0.3) is 0 Å². The number of ether oxygens (including phenoxy) is 1. The normalized spacial score (nSPS) is 17.4. The molecule has 3 rings (SSSR count). The molecule has 2 aromatic rings. The second-order valence-corrected chi connectivity index (χ2v) is 5.55. The number of aromatic nitrogens is 2. The number of hydrogen-bond acceptors (Lipinski definition) is 5. The maximum absolute atomic E-state index is 12.3. The number of hydrogen-bond donors (Lipinski definition) is 1. The Labute approximate surface area is 133 Å². The zero-order chi connectivity index (χ0) is 16.2. The van der Waals surface area contributed by atoms with E-state index >= 15 is 0 Å². The zero-order valence-electron chi connectivity index (χ0n) is 12.9. The largest absolute Gasteiger partial charge is 0.472 e. The van der Waals surface area contributed by atoms with Gasteiger partial charge in [-0.15, -0.1) is 0 Å². The lowest BCUT2D eigenvalue weighted by molar-refractivity contribution is -0.129. The lowest BCUT2D eigenvalue weighted by atomic mass is 10.0. The van der Waals surface area contributed by atoms with Crippen LogP contribution < -0.4 is 0 Å². The molecule has 122 valence electrons. The number of nitrogens with one attached hydrogen (secondary N) is 1. The second kappa shape index (κ2) is 6.68. The number of carbonyl (C=O) groups is 2. The van der Waals surface area contributed by atoms with Gasteiger partial charge >= 0.3 is 5.97 Å². The third-order valence-corrected chi connectivity index (χ3v) is 4.05. The molecule has 1 N–H and O–H groups in total. The van der Waals surface area contributed by atoms with E-state index < -0.39 is 0 Å². The Morgan fingerprint density at radius 2 is 2.39 bits per heavy atom. The molecular weight excluding hydrogens is 298 g/mol. The average molecular weight is 317 g/mol. The molecule has 0 aromatic carbocycles. The van der Waals surface area contributed by atoms with Crippen LogP contribution in [0.2, 0.25) is 0 Å². The van der Waals surface area contributed by atoms with E-state index in [0.29, 0.717) is 31.7 Å². The van der Waals surface area contributed by atoms with Gasteiger partial charge < -0.3 is 14.1 Å². The monoisotopic (exact) mass is 317 g/mol. The van der Waals surface area contributed by atoms with Gasteiger partial charge in [-0.05, 0) is 25.0 Å². The maximum atomic E-state index is 12.3. The van der Waals surface area contributed by atoms with Gasteiger partial charge in [0.25, 0.3) is 0 Å². The molecule has 23 heavy (non-hydrogen) atoms. The summed E-state index contributed by atoms with van der Waals surface area (Å²) in [5.41, 5.74) is 2.08. The number of H-pyrrole nitrogens is 1. The van der Waals surface area contributed by atoms with Crippen molar-refractivity contribution in [2.24, 2.45) is 0 Å². The first-order chi connectivity index (χ1) is 11.2. The van der Waals surface area contributed by atoms with Gasteiger partial charge in [-0.2, -0.15) is 5.10 Å². The van der Waals surface area contributed by atoms with Crippen molar-refractivity contribution in [2.45, 2.75) is 25.7 Å². The van der Waals surface area contributed by atoms with Crippen molar-refractivity contribution < 1.29 is 18.7 Å². The van der Waals surface area contributed by atoms with Crippen LogP contribution in [0.5, 0.6) is 0 Å². The van der Waals surface area contributed by atoms with Crippen LogP contribution in [-0.4, -0.2) is 46.7 Å². The molecular formula is C16H19N3O4. The molecule has 3 heterocycles. The molecule has 1 fully saturated rings. The fourth-order valence-corrected chi connectivity index (χ4v) is 2.88. The first kappa shape index (κ1) is 15.3. The number of nitrogens with zero attached hydrogens (tertiary/aromatic N) is 2. The Bertz CT molecular complexity index is 677. The molecule has 2 aromatic heterocycles. The lowest BCUT2D eigenvalue weighted by Crippen LogP contribution is -2.29. The smallest absolute Gasteiger partial charge is 0.341 e. The Hall–Kier alpha value is -2.57. The number of esters is 1. The zero-order valence-corrected chi connectivity index (χ0v) is 12.9. The Balaban J connectivity index is 1.65. The van der Waals surface area contributed by atoms with Gasteiger partial charge in [0, 0.05) is 19.0 Å². The van der Waals surface area contributed by atoms with Crippen molar-refractivity contribution in [2.75, 3.05) is 19.7 Å². The third-order valence-electron chi connectivity index (χ3n) is 4.05. The summed E-state index contributed by atoms with van der Waals surface area (Å²) >= 11 is 0. The minimum Gasteiger partial charge on any atom is -0.472 e. The predicted molar refractivity (Wildman–Crippen MR) is 80.9 cm³/mol. The number of rotatable bonds is 5. The van der Waals surface area contributed by atoms with Gasteiger partial charge in [-0.25, -0.2) is 4.79 Å². The SMILES string of the molecule is CCOC(=O)c1cn[nH]c1C1CCN(C(=O)Cc2ccoc2)C1. The van der Waals surface area contributed by atoms with Crippen LogP contribution in [0.3, 0.4) is 0 Å². The van der Waals surface area contributed by atoms with E-state index in [1.165, 1.54) is 6.20 Å². The van der Waals surface area contributed by atoms with Gasteiger partial charge in [0.2, 0.25) is 5.91 Å². The molecule has 1 aliphatic rings.